The van der Waals surface area contributed by atoms with E-state index in [2.05, 4.69) is 15.7 Å². The summed E-state index contributed by atoms with van der Waals surface area (Å²) in [5.74, 6) is 3.27. The van der Waals surface area contributed by atoms with E-state index in [0.717, 1.165) is 11.3 Å². The van der Waals surface area contributed by atoms with Crippen molar-refractivity contribution in [1.82, 2.24) is 10.6 Å². The predicted octanol–water partition coefficient (Wildman–Crippen LogP) is 0.883. The molecule has 5 N–H and O–H groups in total. The van der Waals surface area contributed by atoms with Crippen LogP contribution in [0.2, 0.25) is 0 Å². The predicted molar refractivity (Wildman–Crippen MR) is 102 cm³/mol. The van der Waals surface area contributed by atoms with Crippen LogP contribution in [0.5, 0.6) is 0 Å². The van der Waals surface area contributed by atoms with Gasteiger partial charge in [-0.3, -0.25) is 9.59 Å². The van der Waals surface area contributed by atoms with Gasteiger partial charge < -0.3 is 26.5 Å². The van der Waals surface area contributed by atoms with Gasteiger partial charge >= 0.3 is 12.0 Å². The molecule has 0 radical (unpaired) electrons. The Kier molecular flexibility index (Phi) is 6.75. The van der Waals surface area contributed by atoms with Crippen molar-refractivity contribution in [2.24, 2.45) is 16.9 Å². The molecular weight excluding hydrogens is 350 g/mol. The SMILES string of the molecule is CCC(C(=O)O)[C@@H](C)NC(=O)NC1CCN(c2ccc(C=NN)cc2)C1=O. The number of anilines is 1. The molecule has 1 aliphatic rings. The quantitative estimate of drug-likeness (QED) is 0.318. The third-order valence-corrected chi connectivity index (χ3v) is 4.66. The van der Waals surface area contributed by atoms with Crippen molar-refractivity contribution in [1.29, 1.82) is 0 Å². The van der Waals surface area contributed by atoms with Gasteiger partial charge in [0.15, 0.2) is 0 Å². The van der Waals surface area contributed by atoms with Crippen molar-refractivity contribution in [3.8, 4) is 0 Å². The third kappa shape index (κ3) is 4.96. The summed E-state index contributed by atoms with van der Waals surface area (Å²) in [6, 6.07) is 5.44. The number of benzene rings is 1. The Morgan fingerprint density at radius 2 is 2.07 bits per heavy atom. The van der Waals surface area contributed by atoms with Gasteiger partial charge in [-0.15, -0.1) is 0 Å². The van der Waals surface area contributed by atoms with Crippen molar-refractivity contribution in [3.05, 3.63) is 29.8 Å². The maximum Gasteiger partial charge on any atom is 0.315 e. The Morgan fingerprint density at radius 3 is 2.63 bits per heavy atom. The van der Waals surface area contributed by atoms with Crippen LogP contribution < -0.4 is 21.4 Å². The van der Waals surface area contributed by atoms with Gasteiger partial charge in [-0.05, 0) is 37.5 Å². The maximum atomic E-state index is 12.6. The number of aliphatic carboxylic acids is 1. The Hall–Kier alpha value is -3.10. The minimum absolute atomic E-state index is 0.205. The number of hydrogen-bond donors (Lipinski definition) is 4. The summed E-state index contributed by atoms with van der Waals surface area (Å²) in [7, 11) is 0. The lowest BCUT2D eigenvalue weighted by atomic mass is 9.99. The first kappa shape index (κ1) is 20.2. The molecule has 1 aliphatic heterocycles. The molecule has 0 bridgehead atoms. The van der Waals surface area contributed by atoms with Gasteiger partial charge in [-0.25, -0.2) is 4.79 Å². The largest absolute Gasteiger partial charge is 0.481 e. The van der Waals surface area contributed by atoms with Crippen molar-refractivity contribution in [2.45, 2.75) is 38.8 Å². The van der Waals surface area contributed by atoms with Crippen molar-refractivity contribution < 1.29 is 19.5 Å². The second kappa shape index (κ2) is 9.02. The molecule has 146 valence electrons. The lowest BCUT2D eigenvalue weighted by molar-refractivity contribution is -0.142. The first-order valence-electron chi connectivity index (χ1n) is 8.81. The topological polar surface area (TPSA) is 137 Å². The van der Waals surface area contributed by atoms with E-state index >= 15 is 0 Å². The van der Waals surface area contributed by atoms with Crippen LogP contribution in [0.4, 0.5) is 10.5 Å². The average molecular weight is 375 g/mol. The molecule has 27 heavy (non-hydrogen) atoms. The summed E-state index contributed by atoms with van der Waals surface area (Å²) < 4.78 is 0. The smallest absolute Gasteiger partial charge is 0.315 e. The van der Waals surface area contributed by atoms with Crippen LogP contribution in [0.15, 0.2) is 29.4 Å². The zero-order chi connectivity index (χ0) is 20.0. The molecule has 3 amide bonds. The molecule has 1 fully saturated rings. The second-order valence-electron chi connectivity index (χ2n) is 6.46. The summed E-state index contributed by atoms with van der Waals surface area (Å²) >= 11 is 0. The molecular formula is C18H25N5O4. The highest BCUT2D eigenvalue weighted by atomic mass is 16.4. The van der Waals surface area contributed by atoms with E-state index in [4.69, 9.17) is 10.9 Å². The first-order chi connectivity index (χ1) is 12.9. The number of rotatable bonds is 7. The summed E-state index contributed by atoms with van der Waals surface area (Å²) in [5, 5.41) is 17.8. The molecule has 0 aliphatic carbocycles. The van der Waals surface area contributed by atoms with Crippen LogP contribution in [0.1, 0.15) is 32.3 Å². The number of carbonyl (C=O) groups is 3. The van der Waals surface area contributed by atoms with Gasteiger partial charge in [-0.1, -0.05) is 19.1 Å². The molecule has 9 nitrogen and oxygen atoms in total. The number of nitrogens with zero attached hydrogens (tertiary/aromatic N) is 2. The van der Waals surface area contributed by atoms with Gasteiger partial charge in [0, 0.05) is 18.3 Å². The number of amides is 3. The number of carboxylic acid groups (broad SMARTS) is 1. The van der Waals surface area contributed by atoms with Gasteiger partial charge in [0.1, 0.15) is 6.04 Å². The van der Waals surface area contributed by atoms with Crippen molar-refractivity contribution in [2.75, 3.05) is 11.4 Å². The normalized spacial score (nSPS) is 19.1. The molecule has 1 aromatic rings. The Bertz CT molecular complexity index is 719. The second-order valence-corrected chi connectivity index (χ2v) is 6.46. The number of hydrogen-bond acceptors (Lipinski definition) is 5. The number of hydrazone groups is 1. The molecule has 0 saturated carbocycles. The van der Waals surface area contributed by atoms with E-state index in [1.165, 1.54) is 6.21 Å². The lowest BCUT2D eigenvalue weighted by Crippen LogP contribution is -2.50. The van der Waals surface area contributed by atoms with Gasteiger partial charge in [0.25, 0.3) is 0 Å². The van der Waals surface area contributed by atoms with Gasteiger partial charge in [0.05, 0.1) is 12.1 Å². The molecule has 9 heteroatoms. The highest BCUT2D eigenvalue weighted by Gasteiger charge is 2.34. The van der Waals surface area contributed by atoms with E-state index < -0.39 is 30.0 Å². The third-order valence-electron chi connectivity index (χ3n) is 4.66. The lowest BCUT2D eigenvalue weighted by Gasteiger charge is -2.22. The summed E-state index contributed by atoms with van der Waals surface area (Å²) in [6.07, 6.45) is 2.38. The Labute approximate surface area is 157 Å². The molecule has 2 unspecified atom stereocenters. The summed E-state index contributed by atoms with van der Waals surface area (Å²) in [5.41, 5.74) is 1.55. The zero-order valence-electron chi connectivity index (χ0n) is 15.4. The minimum atomic E-state index is -0.962. The van der Waals surface area contributed by atoms with E-state index in [-0.39, 0.29) is 5.91 Å². The number of carbonyl (C=O) groups excluding carboxylic acids is 2. The van der Waals surface area contributed by atoms with Crippen LogP contribution in [0.25, 0.3) is 0 Å². The highest BCUT2D eigenvalue weighted by Crippen LogP contribution is 2.22. The number of nitrogens with one attached hydrogen (secondary N) is 2. The van der Waals surface area contributed by atoms with Crippen LogP contribution in [0.3, 0.4) is 0 Å². The van der Waals surface area contributed by atoms with E-state index in [1.807, 2.05) is 0 Å². The van der Waals surface area contributed by atoms with E-state index in [0.29, 0.717) is 19.4 Å². The Balaban J connectivity index is 1.94. The zero-order valence-corrected chi connectivity index (χ0v) is 15.4. The maximum absolute atomic E-state index is 12.6. The fraction of sp³-hybridized carbons (Fsp3) is 0.444. The van der Waals surface area contributed by atoms with Gasteiger partial charge in [-0.2, -0.15) is 5.10 Å². The molecule has 0 spiro atoms. The van der Waals surface area contributed by atoms with Crippen LogP contribution >= 0.6 is 0 Å². The van der Waals surface area contributed by atoms with Crippen molar-refractivity contribution >= 4 is 29.8 Å². The number of nitrogens with two attached hydrogens (primary N) is 1. The molecule has 1 heterocycles. The Morgan fingerprint density at radius 1 is 1.41 bits per heavy atom. The van der Waals surface area contributed by atoms with Gasteiger partial charge in [0.2, 0.25) is 5.91 Å². The monoisotopic (exact) mass is 375 g/mol. The van der Waals surface area contributed by atoms with Crippen LogP contribution in [-0.2, 0) is 9.59 Å². The molecule has 1 saturated heterocycles. The molecule has 3 atom stereocenters. The van der Waals surface area contributed by atoms with E-state index in [9.17, 15) is 14.4 Å². The fourth-order valence-corrected chi connectivity index (χ4v) is 3.15. The highest BCUT2D eigenvalue weighted by molar-refractivity contribution is 6.01. The molecule has 2 rings (SSSR count). The van der Waals surface area contributed by atoms with Crippen molar-refractivity contribution in [3.63, 3.8) is 0 Å². The fourth-order valence-electron chi connectivity index (χ4n) is 3.15. The number of carboxylic acids is 1. The standard InChI is InChI=1S/C18H25N5O4/c1-3-14(17(25)26)11(2)21-18(27)22-15-8-9-23(16(15)24)13-6-4-12(5-7-13)10-20-19/h4-7,10-11,14-15H,3,8-9,19H2,1-2H3,(H,25,26)(H2,21,22,27)/t11-,14?,15?/m1/s1. The molecule has 0 aromatic heterocycles. The van der Waals surface area contributed by atoms with E-state index in [1.54, 1.807) is 43.0 Å². The first-order valence-corrected chi connectivity index (χ1v) is 8.81. The average Bonchev–Trinajstić information content (AvgIpc) is 2.96. The summed E-state index contributed by atoms with van der Waals surface area (Å²) in [4.78, 5) is 37.5. The van der Waals surface area contributed by atoms with Crippen LogP contribution in [-0.4, -0.2) is 47.9 Å². The minimum Gasteiger partial charge on any atom is -0.481 e. The number of urea groups is 1. The summed E-state index contributed by atoms with van der Waals surface area (Å²) in [6.45, 7) is 3.87. The van der Waals surface area contributed by atoms with Crippen LogP contribution in [0, 0.1) is 5.92 Å². The molecule has 1 aromatic carbocycles.